The first-order valence-corrected chi connectivity index (χ1v) is 9.00. The lowest BCUT2D eigenvalue weighted by atomic mass is 10.0. The summed E-state index contributed by atoms with van der Waals surface area (Å²) in [7, 11) is 0. The van der Waals surface area contributed by atoms with Gasteiger partial charge in [-0.2, -0.15) is 0 Å². The Morgan fingerprint density at radius 3 is 2.00 bits per heavy atom. The molecule has 0 heterocycles. The average Bonchev–Trinajstić information content (AvgIpc) is 2.68. The van der Waals surface area contributed by atoms with E-state index in [1.807, 2.05) is 32.0 Å². The Balaban J connectivity index is 2.19. The summed E-state index contributed by atoms with van der Waals surface area (Å²) in [4.78, 5) is 36.8. The van der Waals surface area contributed by atoms with Gasteiger partial charge in [-0.15, -0.1) is 0 Å². The SMILES string of the molecule is CCOC(=O)c1ccccc1NC(=O)C(=O)Nc1c(CC)cccc1CC. The molecule has 2 N–H and O–H groups in total. The van der Waals surface area contributed by atoms with Crippen LogP contribution in [0.2, 0.25) is 0 Å². The molecular formula is C21H24N2O4. The van der Waals surface area contributed by atoms with E-state index in [0.717, 1.165) is 24.0 Å². The molecule has 6 heteroatoms. The van der Waals surface area contributed by atoms with E-state index in [4.69, 9.17) is 4.74 Å². The lowest BCUT2D eigenvalue weighted by Crippen LogP contribution is -2.30. The van der Waals surface area contributed by atoms with E-state index < -0.39 is 17.8 Å². The molecule has 0 saturated carbocycles. The highest BCUT2D eigenvalue weighted by Crippen LogP contribution is 2.23. The predicted octanol–water partition coefficient (Wildman–Crippen LogP) is 3.57. The maximum atomic E-state index is 12.4. The first-order chi connectivity index (χ1) is 13.0. The fourth-order valence-electron chi connectivity index (χ4n) is 2.73. The predicted molar refractivity (Wildman–Crippen MR) is 105 cm³/mol. The van der Waals surface area contributed by atoms with Crippen LogP contribution in [0.25, 0.3) is 0 Å². The van der Waals surface area contributed by atoms with Crippen molar-refractivity contribution in [3.05, 3.63) is 59.2 Å². The lowest BCUT2D eigenvalue weighted by Gasteiger charge is -2.15. The third-order valence-corrected chi connectivity index (χ3v) is 4.11. The van der Waals surface area contributed by atoms with Crippen molar-refractivity contribution in [3.63, 3.8) is 0 Å². The van der Waals surface area contributed by atoms with E-state index >= 15 is 0 Å². The van der Waals surface area contributed by atoms with Gasteiger partial charge in [0.1, 0.15) is 0 Å². The molecule has 0 radical (unpaired) electrons. The Labute approximate surface area is 158 Å². The lowest BCUT2D eigenvalue weighted by molar-refractivity contribution is -0.133. The number of carbonyl (C=O) groups excluding carboxylic acids is 3. The summed E-state index contributed by atoms with van der Waals surface area (Å²) in [6.45, 7) is 5.89. The maximum Gasteiger partial charge on any atom is 0.340 e. The van der Waals surface area contributed by atoms with Crippen molar-refractivity contribution in [1.82, 2.24) is 0 Å². The number of ether oxygens (including phenoxy) is 1. The van der Waals surface area contributed by atoms with Gasteiger partial charge in [0.05, 0.1) is 17.9 Å². The molecule has 0 spiro atoms. The summed E-state index contributed by atoms with van der Waals surface area (Å²) in [5, 5.41) is 5.20. The van der Waals surface area contributed by atoms with E-state index in [-0.39, 0.29) is 17.9 Å². The van der Waals surface area contributed by atoms with Crippen LogP contribution in [0.4, 0.5) is 11.4 Å². The van der Waals surface area contributed by atoms with Crippen molar-refractivity contribution in [2.75, 3.05) is 17.2 Å². The van der Waals surface area contributed by atoms with Crippen molar-refractivity contribution in [3.8, 4) is 0 Å². The van der Waals surface area contributed by atoms with Crippen LogP contribution in [0, 0.1) is 0 Å². The summed E-state index contributed by atoms with van der Waals surface area (Å²) in [5.41, 5.74) is 3.02. The molecule has 0 saturated heterocycles. The molecule has 0 aliphatic rings. The monoisotopic (exact) mass is 368 g/mol. The number of anilines is 2. The molecular weight excluding hydrogens is 344 g/mol. The van der Waals surface area contributed by atoms with Gasteiger partial charge in [-0.05, 0) is 43.0 Å². The molecule has 2 aromatic carbocycles. The fourth-order valence-corrected chi connectivity index (χ4v) is 2.73. The minimum absolute atomic E-state index is 0.198. The Morgan fingerprint density at radius 2 is 1.41 bits per heavy atom. The molecule has 0 aliphatic heterocycles. The van der Waals surface area contributed by atoms with Crippen molar-refractivity contribution in [2.45, 2.75) is 33.6 Å². The van der Waals surface area contributed by atoms with E-state index in [2.05, 4.69) is 10.6 Å². The Morgan fingerprint density at radius 1 is 0.815 bits per heavy atom. The number of carbonyl (C=O) groups is 3. The van der Waals surface area contributed by atoms with Gasteiger partial charge in [-0.25, -0.2) is 4.79 Å². The van der Waals surface area contributed by atoms with Crippen molar-refractivity contribution in [2.24, 2.45) is 0 Å². The first kappa shape index (κ1) is 20.2. The summed E-state index contributed by atoms with van der Waals surface area (Å²) in [6.07, 6.45) is 1.47. The third kappa shape index (κ3) is 4.94. The molecule has 6 nitrogen and oxygen atoms in total. The highest BCUT2D eigenvalue weighted by atomic mass is 16.5. The number of amides is 2. The van der Waals surface area contributed by atoms with Gasteiger partial charge in [-0.3, -0.25) is 9.59 Å². The smallest absolute Gasteiger partial charge is 0.340 e. The zero-order valence-corrected chi connectivity index (χ0v) is 15.8. The van der Waals surface area contributed by atoms with Crippen LogP contribution in [-0.2, 0) is 27.2 Å². The van der Waals surface area contributed by atoms with Gasteiger partial charge in [-0.1, -0.05) is 44.2 Å². The maximum absolute atomic E-state index is 12.4. The highest BCUT2D eigenvalue weighted by Gasteiger charge is 2.20. The topological polar surface area (TPSA) is 84.5 Å². The molecule has 0 fully saturated rings. The Kier molecular flexibility index (Phi) is 7.11. The van der Waals surface area contributed by atoms with Crippen LogP contribution < -0.4 is 10.6 Å². The largest absolute Gasteiger partial charge is 0.462 e. The average molecular weight is 368 g/mol. The summed E-state index contributed by atoms with van der Waals surface area (Å²) in [5.74, 6) is -2.19. The summed E-state index contributed by atoms with van der Waals surface area (Å²) >= 11 is 0. The summed E-state index contributed by atoms with van der Waals surface area (Å²) < 4.78 is 4.98. The molecule has 0 aromatic heterocycles. The standard InChI is InChI=1S/C21H24N2O4/c1-4-14-10-9-11-15(5-2)18(14)23-20(25)19(24)22-17-13-8-7-12-16(17)21(26)27-6-3/h7-13H,4-6H2,1-3H3,(H,22,24)(H,23,25). The number of benzene rings is 2. The van der Waals surface area contributed by atoms with Gasteiger partial charge < -0.3 is 15.4 Å². The van der Waals surface area contributed by atoms with Crippen LogP contribution in [0.5, 0.6) is 0 Å². The van der Waals surface area contributed by atoms with Gasteiger partial charge in [0.15, 0.2) is 0 Å². The minimum Gasteiger partial charge on any atom is -0.462 e. The number of para-hydroxylation sites is 2. The van der Waals surface area contributed by atoms with Gasteiger partial charge in [0.2, 0.25) is 0 Å². The molecule has 0 bridgehead atoms. The molecule has 2 aromatic rings. The normalized spacial score (nSPS) is 10.2. The number of aryl methyl sites for hydroxylation is 2. The first-order valence-electron chi connectivity index (χ1n) is 9.00. The van der Waals surface area contributed by atoms with E-state index in [1.54, 1.807) is 25.1 Å². The molecule has 2 rings (SSSR count). The molecule has 0 aliphatic carbocycles. The van der Waals surface area contributed by atoms with E-state index in [1.165, 1.54) is 6.07 Å². The molecule has 27 heavy (non-hydrogen) atoms. The molecule has 0 unspecified atom stereocenters. The van der Waals surface area contributed by atoms with Gasteiger partial charge in [0.25, 0.3) is 0 Å². The van der Waals surface area contributed by atoms with Gasteiger partial charge >= 0.3 is 17.8 Å². The molecule has 142 valence electrons. The van der Waals surface area contributed by atoms with Crippen molar-refractivity contribution in [1.29, 1.82) is 0 Å². The highest BCUT2D eigenvalue weighted by molar-refractivity contribution is 6.44. The van der Waals surface area contributed by atoms with Crippen LogP contribution >= 0.6 is 0 Å². The number of hydrogen-bond acceptors (Lipinski definition) is 4. The Hall–Kier alpha value is -3.15. The quantitative estimate of drug-likeness (QED) is 0.603. The zero-order valence-electron chi connectivity index (χ0n) is 15.8. The van der Waals surface area contributed by atoms with E-state index in [0.29, 0.717) is 5.69 Å². The number of rotatable bonds is 6. The van der Waals surface area contributed by atoms with E-state index in [9.17, 15) is 14.4 Å². The second kappa shape index (κ2) is 9.52. The number of nitrogens with one attached hydrogen (secondary N) is 2. The van der Waals surface area contributed by atoms with Crippen LogP contribution in [-0.4, -0.2) is 24.4 Å². The van der Waals surface area contributed by atoms with Crippen molar-refractivity contribution < 1.29 is 19.1 Å². The summed E-state index contributed by atoms with van der Waals surface area (Å²) in [6, 6.07) is 12.2. The second-order valence-corrected chi connectivity index (χ2v) is 5.83. The number of esters is 1. The molecule has 2 amide bonds. The number of hydrogen-bond donors (Lipinski definition) is 2. The third-order valence-electron chi connectivity index (χ3n) is 4.11. The van der Waals surface area contributed by atoms with Crippen molar-refractivity contribution >= 4 is 29.2 Å². The van der Waals surface area contributed by atoms with Crippen LogP contribution in [0.1, 0.15) is 42.3 Å². The molecule has 0 atom stereocenters. The second-order valence-electron chi connectivity index (χ2n) is 5.83. The Bertz CT molecular complexity index is 824. The minimum atomic E-state index is -0.847. The van der Waals surface area contributed by atoms with Crippen LogP contribution in [0.3, 0.4) is 0 Å². The zero-order chi connectivity index (χ0) is 19.8. The van der Waals surface area contributed by atoms with Crippen LogP contribution in [0.15, 0.2) is 42.5 Å². The van der Waals surface area contributed by atoms with Gasteiger partial charge in [0, 0.05) is 5.69 Å². The fraction of sp³-hybridized carbons (Fsp3) is 0.286.